The molecule has 1 saturated carbocycles. The van der Waals surface area contributed by atoms with Crippen LogP contribution in [0.4, 0.5) is 0 Å². The summed E-state index contributed by atoms with van der Waals surface area (Å²) >= 11 is 0. The number of nitrogens with zero attached hydrogens (tertiary/aromatic N) is 1. The number of rotatable bonds is 7. The third kappa shape index (κ3) is 4.96. The zero-order chi connectivity index (χ0) is 16.0. The van der Waals surface area contributed by atoms with Gasteiger partial charge in [0, 0.05) is 18.1 Å². The van der Waals surface area contributed by atoms with Crippen molar-refractivity contribution < 1.29 is 4.79 Å². The summed E-state index contributed by atoms with van der Waals surface area (Å²) in [5.74, 6) is 1.29. The van der Waals surface area contributed by atoms with Crippen LogP contribution in [-0.4, -0.2) is 42.0 Å². The Morgan fingerprint density at radius 1 is 1.43 bits per heavy atom. The average Bonchev–Trinajstić information content (AvgIpc) is 2.44. The summed E-state index contributed by atoms with van der Waals surface area (Å²) in [7, 11) is 0. The first-order chi connectivity index (χ1) is 9.84. The number of hydrogen-bond donors (Lipinski definition) is 2. The lowest BCUT2D eigenvalue weighted by molar-refractivity contribution is -0.125. The van der Waals surface area contributed by atoms with Gasteiger partial charge in [0.05, 0.1) is 6.54 Å². The Morgan fingerprint density at radius 2 is 2.10 bits per heavy atom. The van der Waals surface area contributed by atoms with Crippen LogP contribution in [0.25, 0.3) is 0 Å². The molecule has 124 valence electrons. The molecule has 1 aliphatic rings. The molecule has 0 aromatic rings. The van der Waals surface area contributed by atoms with Gasteiger partial charge in [-0.15, -0.1) is 0 Å². The van der Waals surface area contributed by atoms with E-state index in [-0.39, 0.29) is 17.5 Å². The minimum atomic E-state index is 0.0187. The summed E-state index contributed by atoms with van der Waals surface area (Å²) in [6.07, 6.45) is 4.74. The Kier molecular flexibility index (Phi) is 7.14. The maximum atomic E-state index is 12.3. The zero-order valence-corrected chi connectivity index (χ0v) is 14.6. The number of likely N-dealkylation sites (N-methyl/N-ethyl adjacent to an activating group) is 1. The Labute approximate surface area is 130 Å². The molecule has 4 nitrogen and oxygen atoms in total. The van der Waals surface area contributed by atoms with E-state index in [0.29, 0.717) is 24.9 Å². The third-order valence-electron chi connectivity index (χ3n) is 5.22. The fourth-order valence-electron chi connectivity index (χ4n) is 3.49. The monoisotopic (exact) mass is 297 g/mol. The lowest BCUT2D eigenvalue weighted by atomic mass is 9.75. The molecule has 21 heavy (non-hydrogen) atoms. The number of carbonyl (C=O) groups excluding carboxylic acids is 1. The first kappa shape index (κ1) is 18.4. The van der Waals surface area contributed by atoms with E-state index in [1.54, 1.807) is 0 Å². The molecule has 0 aromatic heterocycles. The van der Waals surface area contributed by atoms with Crippen LogP contribution in [0.5, 0.6) is 0 Å². The molecule has 0 bridgehead atoms. The van der Waals surface area contributed by atoms with Gasteiger partial charge < -0.3 is 11.1 Å². The molecular weight excluding hydrogens is 262 g/mol. The van der Waals surface area contributed by atoms with Crippen LogP contribution < -0.4 is 11.1 Å². The van der Waals surface area contributed by atoms with Gasteiger partial charge in [0.25, 0.3) is 0 Å². The second-order valence-electron chi connectivity index (χ2n) is 7.24. The van der Waals surface area contributed by atoms with Crippen molar-refractivity contribution in [1.29, 1.82) is 0 Å². The second kappa shape index (κ2) is 8.14. The van der Waals surface area contributed by atoms with Crippen LogP contribution in [0, 0.1) is 11.8 Å². The quantitative estimate of drug-likeness (QED) is 0.758. The van der Waals surface area contributed by atoms with Crippen molar-refractivity contribution >= 4 is 5.91 Å². The van der Waals surface area contributed by atoms with Gasteiger partial charge >= 0.3 is 0 Å². The molecule has 0 aromatic carbocycles. The summed E-state index contributed by atoms with van der Waals surface area (Å²) in [6, 6.07) is 0.218. The first-order valence-corrected chi connectivity index (χ1v) is 8.59. The maximum Gasteiger partial charge on any atom is 0.234 e. The minimum Gasteiger partial charge on any atom is -0.352 e. The van der Waals surface area contributed by atoms with E-state index >= 15 is 0 Å². The Hall–Kier alpha value is -0.610. The van der Waals surface area contributed by atoms with Gasteiger partial charge in [-0.3, -0.25) is 9.69 Å². The van der Waals surface area contributed by atoms with E-state index in [1.165, 1.54) is 12.8 Å². The summed E-state index contributed by atoms with van der Waals surface area (Å²) in [4.78, 5) is 14.6. The highest BCUT2D eigenvalue weighted by Crippen LogP contribution is 2.36. The predicted molar refractivity (Wildman–Crippen MR) is 89.1 cm³/mol. The normalized spacial score (nSPS) is 27.9. The highest BCUT2D eigenvalue weighted by molar-refractivity contribution is 5.78. The molecule has 4 heteroatoms. The molecule has 1 amide bonds. The van der Waals surface area contributed by atoms with Crippen molar-refractivity contribution in [3.63, 3.8) is 0 Å². The van der Waals surface area contributed by atoms with Crippen LogP contribution in [0.1, 0.15) is 60.3 Å². The highest BCUT2D eigenvalue weighted by atomic mass is 16.2. The fraction of sp³-hybridized carbons (Fsp3) is 0.941. The van der Waals surface area contributed by atoms with Crippen molar-refractivity contribution in [3.8, 4) is 0 Å². The van der Waals surface area contributed by atoms with Gasteiger partial charge in [0.1, 0.15) is 0 Å². The molecule has 3 N–H and O–H groups in total. The number of nitrogens with one attached hydrogen (secondary N) is 1. The molecule has 1 aliphatic carbocycles. The first-order valence-electron chi connectivity index (χ1n) is 8.59. The lowest BCUT2D eigenvalue weighted by Crippen LogP contribution is -2.58. The number of hydrogen-bond acceptors (Lipinski definition) is 3. The molecule has 1 rings (SSSR count). The lowest BCUT2D eigenvalue weighted by Gasteiger charge is -2.47. The molecule has 1 fully saturated rings. The topological polar surface area (TPSA) is 58.4 Å². The van der Waals surface area contributed by atoms with Gasteiger partial charge in [-0.05, 0) is 38.1 Å². The molecular formula is C17H35N3O. The van der Waals surface area contributed by atoms with Crippen molar-refractivity contribution in [2.45, 2.75) is 71.9 Å². The van der Waals surface area contributed by atoms with Gasteiger partial charge in [-0.25, -0.2) is 0 Å². The predicted octanol–water partition coefficient (Wildman–Crippen LogP) is 2.38. The zero-order valence-electron chi connectivity index (χ0n) is 14.6. The van der Waals surface area contributed by atoms with Gasteiger partial charge in [0.15, 0.2) is 0 Å². The Morgan fingerprint density at radius 3 is 2.57 bits per heavy atom. The smallest absolute Gasteiger partial charge is 0.234 e. The van der Waals surface area contributed by atoms with E-state index in [1.807, 2.05) is 0 Å². The molecule has 0 aliphatic heterocycles. The largest absolute Gasteiger partial charge is 0.352 e. The molecule has 0 spiro atoms. The van der Waals surface area contributed by atoms with Gasteiger partial charge in [-0.1, -0.05) is 40.5 Å². The summed E-state index contributed by atoms with van der Waals surface area (Å²) in [6.45, 7) is 12.8. The SMILES string of the molecule is CCN(CC(=O)NC(C)C(C)C)C1(CN)CCCC(C)C1. The fourth-order valence-corrected chi connectivity index (χ4v) is 3.49. The molecule has 3 unspecified atom stereocenters. The summed E-state index contributed by atoms with van der Waals surface area (Å²) < 4.78 is 0. The number of nitrogens with two attached hydrogens (primary N) is 1. The molecule has 0 saturated heterocycles. The van der Waals surface area contributed by atoms with Crippen LogP contribution in [0.2, 0.25) is 0 Å². The van der Waals surface area contributed by atoms with Crippen molar-refractivity contribution in [2.75, 3.05) is 19.6 Å². The van der Waals surface area contributed by atoms with Gasteiger partial charge in [-0.2, -0.15) is 0 Å². The van der Waals surface area contributed by atoms with Crippen LogP contribution in [0.3, 0.4) is 0 Å². The van der Waals surface area contributed by atoms with Crippen LogP contribution >= 0.6 is 0 Å². The molecule has 0 radical (unpaired) electrons. The van der Waals surface area contributed by atoms with Crippen LogP contribution in [-0.2, 0) is 4.79 Å². The Bertz CT molecular complexity index is 332. The molecule has 0 heterocycles. The third-order valence-corrected chi connectivity index (χ3v) is 5.22. The number of amides is 1. The van der Waals surface area contributed by atoms with E-state index in [4.69, 9.17) is 5.73 Å². The van der Waals surface area contributed by atoms with Crippen LogP contribution in [0.15, 0.2) is 0 Å². The van der Waals surface area contributed by atoms with E-state index in [2.05, 4.69) is 44.8 Å². The Balaban J connectivity index is 2.69. The number of carbonyl (C=O) groups is 1. The average molecular weight is 297 g/mol. The summed E-state index contributed by atoms with van der Waals surface area (Å²) in [5.41, 5.74) is 6.15. The standard InChI is InChI=1S/C17H35N3O/c1-6-20(11-16(21)19-15(5)13(2)3)17(12-18)9-7-8-14(4)10-17/h13-15H,6-12,18H2,1-5H3,(H,19,21). The maximum absolute atomic E-state index is 12.3. The van der Waals surface area contributed by atoms with Crippen molar-refractivity contribution in [2.24, 2.45) is 17.6 Å². The summed E-state index contributed by atoms with van der Waals surface area (Å²) in [5, 5.41) is 3.11. The van der Waals surface area contributed by atoms with Crippen molar-refractivity contribution in [1.82, 2.24) is 10.2 Å². The highest BCUT2D eigenvalue weighted by Gasteiger charge is 2.39. The van der Waals surface area contributed by atoms with E-state index in [9.17, 15) is 4.79 Å². The molecule has 3 atom stereocenters. The van der Waals surface area contributed by atoms with Crippen molar-refractivity contribution in [3.05, 3.63) is 0 Å². The van der Waals surface area contributed by atoms with E-state index in [0.717, 1.165) is 19.4 Å². The second-order valence-corrected chi connectivity index (χ2v) is 7.24. The van der Waals surface area contributed by atoms with E-state index < -0.39 is 0 Å². The van der Waals surface area contributed by atoms with Gasteiger partial charge in [0.2, 0.25) is 5.91 Å². The minimum absolute atomic E-state index is 0.0187.